The molecule has 0 saturated heterocycles. The number of alkyl halides is 3. The van der Waals surface area contributed by atoms with Crippen LogP contribution < -0.4 is 4.74 Å². The highest BCUT2D eigenvalue weighted by Gasteiger charge is 2.20. The van der Waals surface area contributed by atoms with E-state index in [1.54, 1.807) is 0 Å². The van der Waals surface area contributed by atoms with Crippen LogP contribution in [0.25, 0.3) is 0 Å². The van der Waals surface area contributed by atoms with E-state index < -0.39 is 12.8 Å². The van der Waals surface area contributed by atoms with Gasteiger partial charge in [0.15, 0.2) is 0 Å². The van der Waals surface area contributed by atoms with Gasteiger partial charge in [0.05, 0.1) is 0 Å². The number of benzene rings is 1. The topological polar surface area (TPSA) is 9.23 Å². The molecule has 0 aliphatic carbocycles. The zero-order chi connectivity index (χ0) is 8.97. The third-order valence-electron chi connectivity index (χ3n) is 1.13. The van der Waals surface area contributed by atoms with Crippen LogP contribution in [0.1, 0.15) is 0 Å². The summed E-state index contributed by atoms with van der Waals surface area (Å²) in [5.74, 6) is 0.0709. The Morgan fingerprint density at radius 1 is 1.17 bits per heavy atom. The average Bonchev–Trinajstić information content (AvgIpc) is 2.06. The van der Waals surface area contributed by atoms with Crippen molar-refractivity contribution in [1.82, 2.24) is 0 Å². The minimum absolute atomic E-state index is 0.0709. The van der Waals surface area contributed by atoms with Gasteiger partial charge in [-0.15, -0.1) is 0 Å². The number of hydrogen-bond donors (Lipinski definition) is 0. The smallest absolute Gasteiger partial charge is 0.304 e. The van der Waals surface area contributed by atoms with E-state index in [0.29, 0.717) is 0 Å². The molecule has 0 bridgehead atoms. The summed E-state index contributed by atoms with van der Waals surface area (Å²) in [7, 11) is 0. The van der Waals surface area contributed by atoms with Crippen molar-refractivity contribution in [2.24, 2.45) is 0 Å². The van der Waals surface area contributed by atoms with E-state index in [-0.39, 0.29) is 5.75 Å². The molecule has 65 valence electrons. The van der Waals surface area contributed by atoms with Crippen LogP contribution in [0, 0.1) is 6.07 Å². The van der Waals surface area contributed by atoms with Crippen molar-refractivity contribution in [2.45, 2.75) is 12.8 Å². The van der Waals surface area contributed by atoms with Gasteiger partial charge in [0.1, 0.15) is 5.75 Å². The van der Waals surface area contributed by atoms with E-state index in [4.69, 9.17) is 0 Å². The van der Waals surface area contributed by atoms with Gasteiger partial charge in [-0.2, -0.15) is 4.39 Å². The lowest BCUT2D eigenvalue weighted by atomic mass is 10.3. The fraction of sp³-hybridized carbons (Fsp3) is 0.250. The average molecular weight is 175 g/mol. The van der Waals surface area contributed by atoms with E-state index in [9.17, 15) is 13.2 Å². The van der Waals surface area contributed by atoms with Gasteiger partial charge in [-0.25, -0.2) is 8.78 Å². The number of halogens is 3. The van der Waals surface area contributed by atoms with Crippen LogP contribution in [0.15, 0.2) is 24.3 Å². The Kier molecular flexibility index (Phi) is 2.96. The second-order valence-electron chi connectivity index (χ2n) is 2.04. The van der Waals surface area contributed by atoms with Gasteiger partial charge in [0.25, 0.3) is 6.36 Å². The van der Waals surface area contributed by atoms with E-state index >= 15 is 0 Å². The van der Waals surface area contributed by atoms with Crippen molar-refractivity contribution >= 4 is 0 Å². The third kappa shape index (κ3) is 2.45. The van der Waals surface area contributed by atoms with Gasteiger partial charge < -0.3 is 4.74 Å². The Hall–Kier alpha value is -1.19. The van der Waals surface area contributed by atoms with E-state index in [0.717, 1.165) is 0 Å². The molecule has 0 aliphatic heterocycles. The number of hydrogen-bond acceptors (Lipinski definition) is 1. The minimum atomic E-state index is -3.12. The Bertz CT molecular complexity index is 225. The zero-order valence-electron chi connectivity index (χ0n) is 6.01. The predicted molar refractivity (Wildman–Crippen MR) is 36.8 cm³/mol. The fourth-order valence-electron chi connectivity index (χ4n) is 0.632. The summed E-state index contributed by atoms with van der Waals surface area (Å²) in [5, 5.41) is 0. The highest BCUT2D eigenvalue weighted by atomic mass is 19.3. The molecule has 1 nitrogen and oxygen atoms in total. The second kappa shape index (κ2) is 3.99. The van der Waals surface area contributed by atoms with Crippen molar-refractivity contribution in [3.63, 3.8) is 0 Å². The molecule has 0 saturated carbocycles. The van der Waals surface area contributed by atoms with Crippen LogP contribution in [0.5, 0.6) is 5.75 Å². The van der Waals surface area contributed by atoms with Crippen molar-refractivity contribution in [3.8, 4) is 5.75 Å². The molecular weight excluding hydrogens is 169 g/mol. The van der Waals surface area contributed by atoms with E-state index in [1.165, 1.54) is 24.3 Å². The molecule has 0 aromatic heterocycles. The lowest BCUT2D eigenvalue weighted by Gasteiger charge is -2.09. The van der Waals surface area contributed by atoms with Crippen LogP contribution in [0.3, 0.4) is 0 Å². The SMILES string of the molecule is FC(F)C(F)Oc1cc[c]cc1. The van der Waals surface area contributed by atoms with Crippen LogP contribution in [-0.2, 0) is 0 Å². The number of ether oxygens (including phenoxy) is 1. The number of rotatable bonds is 3. The summed E-state index contributed by atoms with van der Waals surface area (Å²) < 4.78 is 39.7. The molecule has 12 heavy (non-hydrogen) atoms. The second-order valence-corrected chi connectivity index (χ2v) is 2.04. The minimum Gasteiger partial charge on any atom is -0.454 e. The van der Waals surface area contributed by atoms with Gasteiger partial charge in [0, 0.05) is 0 Å². The summed E-state index contributed by atoms with van der Waals surface area (Å²) in [6.07, 6.45) is -5.68. The normalized spacial score (nSPS) is 13.0. The summed E-state index contributed by atoms with van der Waals surface area (Å²) in [6, 6.07) is 8.26. The molecule has 1 aromatic carbocycles. The first-order valence-corrected chi connectivity index (χ1v) is 3.25. The van der Waals surface area contributed by atoms with Crippen LogP contribution in [-0.4, -0.2) is 12.8 Å². The molecule has 0 amide bonds. The predicted octanol–water partition coefficient (Wildman–Crippen LogP) is 2.43. The van der Waals surface area contributed by atoms with E-state index in [1.807, 2.05) is 0 Å². The molecule has 0 aliphatic rings. The van der Waals surface area contributed by atoms with Crippen LogP contribution >= 0.6 is 0 Å². The van der Waals surface area contributed by atoms with Gasteiger partial charge in [0.2, 0.25) is 0 Å². The summed E-state index contributed by atoms with van der Waals surface area (Å²) in [6.45, 7) is 0. The van der Waals surface area contributed by atoms with Gasteiger partial charge in [-0.3, -0.25) is 0 Å². The molecule has 0 spiro atoms. The molecule has 0 N–H and O–H groups in total. The summed E-state index contributed by atoms with van der Waals surface area (Å²) in [4.78, 5) is 0. The highest BCUT2D eigenvalue weighted by Crippen LogP contribution is 2.14. The first-order valence-electron chi connectivity index (χ1n) is 3.25. The Morgan fingerprint density at radius 3 is 2.25 bits per heavy atom. The van der Waals surface area contributed by atoms with Crippen molar-refractivity contribution in [3.05, 3.63) is 30.3 Å². The van der Waals surface area contributed by atoms with E-state index in [2.05, 4.69) is 10.8 Å². The monoisotopic (exact) mass is 175 g/mol. The first kappa shape index (κ1) is 8.90. The molecule has 1 unspecified atom stereocenters. The molecule has 0 heterocycles. The Morgan fingerprint density at radius 2 is 1.75 bits per heavy atom. The van der Waals surface area contributed by atoms with Gasteiger partial charge in [-0.1, -0.05) is 12.1 Å². The maximum atomic E-state index is 12.2. The molecule has 1 rings (SSSR count). The summed E-state index contributed by atoms with van der Waals surface area (Å²) >= 11 is 0. The van der Waals surface area contributed by atoms with Gasteiger partial charge in [-0.05, 0) is 18.2 Å². The van der Waals surface area contributed by atoms with Crippen molar-refractivity contribution in [1.29, 1.82) is 0 Å². The molecule has 1 atom stereocenters. The quantitative estimate of drug-likeness (QED) is 0.685. The lowest BCUT2D eigenvalue weighted by molar-refractivity contribution is -0.0668. The van der Waals surface area contributed by atoms with Crippen molar-refractivity contribution < 1.29 is 17.9 Å². The maximum Gasteiger partial charge on any atom is 0.304 e. The lowest BCUT2D eigenvalue weighted by Crippen LogP contribution is -2.19. The standard InChI is InChI=1S/C8H6F3O/c9-7(10)8(11)12-6-4-2-1-3-5-6/h2-5,7-8H. The first-order chi connectivity index (χ1) is 5.70. The zero-order valence-corrected chi connectivity index (χ0v) is 6.01. The van der Waals surface area contributed by atoms with Crippen molar-refractivity contribution in [2.75, 3.05) is 0 Å². The molecule has 1 radical (unpaired) electrons. The van der Waals surface area contributed by atoms with Crippen LogP contribution in [0.4, 0.5) is 13.2 Å². The molecular formula is C8H6F3O. The molecule has 4 heteroatoms. The van der Waals surface area contributed by atoms with Crippen LogP contribution in [0.2, 0.25) is 0 Å². The highest BCUT2D eigenvalue weighted by molar-refractivity contribution is 5.20. The fourth-order valence-corrected chi connectivity index (χ4v) is 0.632. The maximum absolute atomic E-state index is 12.2. The molecule has 1 aromatic rings. The largest absolute Gasteiger partial charge is 0.454 e. The Labute approximate surface area is 67.8 Å². The molecule has 0 fully saturated rings. The Balaban J connectivity index is 2.53. The third-order valence-corrected chi connectivity index (χ3v) is 1.13. The van der Waals surface area contributed by atoms with Gasteiger partial charge >= 0.3 is 6.43 Å². The summed E-state index contributed by atoms with van der Waals surface area (Å²) in [5.41, 5.74) is 0.